The molecular formula is C36H74O. The molecule has 0 N–H and O–H groups in total. The third-order valence-electron chi connectivity index (χ3n) is 8.39. The second kappa shape index (κ2) is 32.2. The van der Waals surface area contributed by atoms with Crippen LogP contribution in [-0.2, 0) is 4.74 Å². The topological polar surface area (TPSA) is 9.23 Å². The summed E-state index contributed by atoms with van der Waals surface area (Å²) >= 11 is 0. The van der Waals surface area contributed by atoms with Crippen LogP contribution >= 0.6 is 0 Å². The molecule has 1 nitrogen and oxygen atoms in total. The van der Waals surface area contributed by atoms with Crippen LogP contribution in [0.4, 0.5) is 0 Å². The van der Waals surface area contributed by atoms with E-state index in [0.29, 0.717) is 12.2 Å². The molecule has 0 aliphatic heterocycles. The molecule has 2 unspecified atom stereocenters. The van der Waals surface area contributed by atoms with E-state index in [0.717, 1.165) is 0 Å². The molecule has 0 rings (SSSR count). The van der Waals surface area contributed by atoms with Crippen molar-refractivity contribution in [2.24, 2.45) is 0 Å². The molecule has 1 heteroatoms. The van der Waals surface area contributed by atoms with Gasteiger partial charge in [-0.25, -0.2) is 0 Å². The zero-order valence-corrected chi connectivity index (χ0v) is 26.8. The Bertz CT molecular complexity index is 356. The van der Waals surface area contributed by atoms with E-state index in [1.54, 1.807) is 0 Å². The van der Waals surface area contributed by atoms with E-state index in [9.17, 15) is 0 Å². The summed E-state index contributed by atoms with van der Waals surface area (Å²) in [4.78, 5) is 0. The van der Waals surface area contributed by atoms with E-state index < -0.39 is 0 Å². The fourth-order valence-corrected chi connectivity index (χ4v) is 5.79. The summed E-state index contributed by atoms with van der Waals surface area (Å²) in [6, 6.07) is 0. The summed E-state index contributed by atoms with van der Waals surface area (Å²) in [5, 5.41) is 0. The number of hydrogen-bond donors (Lipinski definition) is 0. The van der Waals surface area contributed by atoms with Crippen LogP contribution in [0.15, 0.2) is 0 Å². The van der Waals surface area contributed by atoms with Gasteiger partial charge in [0.25, 0.3) is 0 Å². The fraction of sp³-hybridized carbons (Fsp3) is 1.00. The van der Waals surface area contributed by atoms with Crippen molar-refractivity contribution < 1.29 is 4.74 Å². The maximum Gasteiger partial charge on any atom is 0.0550 e. The van der Waals surface area contributed by atoms with Gasteiger partial charge in [0.2, 0.25) is 0 Å². The first-order valence-corrected chi connectivity index (χ1v) is 17.9. The van der Waals surface area contributed by atoms with E-state index in [1.165, 1.54) is 193 Å². The molecule has 2 atom stereocenters. The van der Waals surface area contributed by atoms with E-state index in [1.807, 2.05) is 0 Å². The molecule has 0 aliphatic rings. The molecule has 0 aromatic heterocycles. The molecule has 224 valence electrons. The quantitative estimate of drug-likeness (QED) is 0.0798. The van der Waals surface area contributed by atoms with Gasteiger partial charge in [-0.05, 0) is 26.7 Å². The number of unbranched alkanes of at least 4 members (excludes halogenated alkanes) is 26. The molecule has 0 spiro atoms. The summed E-state index contributed by atoms with van der Waals surface area (Å²) in [7, 11) is 0. The maximum absolute atomic E-state index is 6.28. The van der Waals surface area contributed by atoms with Crippen LogP contribution in [0.2, 0.25) is 0 Å². The second-order valence-corrected chi connectivity index (χ2v) is 12.5. The van der Waals surface area contributed by atoms with Gasteiger partial charge in [0.15, 0.2) is 0 Å². The third-order valence-corrected chi connectivity index (χ3v) is 8.39. The largest absolute Gasteiger partial charge is 0.376 e. The van der Waals surface area contributed by atoms with Crippen LogP contribution in [0.5, 0.6) is 0 Å². The van der Waals surface area contributed by atoms with Gasteiger partial charge in [0.05, 0.1) is 12.2 Å². The van der Waals surface area contributed by atoms with Crippen molar-refractivity contribution in [2.45, 2.75) is 233 Å². The molecule has 0 saturated carbocycles. The standard InChI is InChI=1S/C36H74O/c1-5-7-9-11-13-15-17-19-21-23-25-27-29-31-33-35(3)37-36(4)34-32-30-28-26-24-22-20-18-16-14-12-10-8-6-2/h35-36H,5-34H2,1-4H3. The molecule has 0 heterocycles. The van der Waals surface area contributed by atoms with E-state index >= 15 is 0 Å². The van der Waals surface area contributed by atoms with Crippen LogP contribution in [0.1, 0.15) is 220 Å². The number of rotatable bonds is 32. The summed E-state index contributed by atoms with van der Waals surface area (Å²) in [6.45, 7) is 9.20. The van der Waals surface area contributed by atoms with Crippen LogP contribution in [0.3, 0.4) is 0 Å². The minimum absolute atomic E-state index is 0.443. The normalized spacial score (nSPS) is 13.3. The fourth-order valence-electron chi connectivity index (χ4n) is 5.79. The smallest absolute Gasteiger partial charge is 0.0550 e. The van der Waals surface area contributed by atoms with Gasteiger partial charge in [-0.15, -0.1) is 0 Å². The maximum atomic E-state index is 6.28. The molecule has 0 aromatic carbocycles. The van der Waals surface area contributed by atoms with Crippen molar-refractivity contribution in [3.63, 3.8) is 0 Å². The van der Waals surface area contributed by atoms with E-state index in [2.05, 4.69) is 27.7 Å². The number of hydrogen-bond acceptors (Lipinski definition) is 1. The molecule has 0 aliphatic carbocycles. The Labute approximate surface area is 237 Å². The van der Waals surface area contributed by atoms with Crippen LogP contribution in [0, 0.1) is 0 Å². The van der Waals surface area contributed by atoms with Gasteiger partial charge in [-0.2, -0.15) is 0 Å². The summed E-state index contributed by atoms with van der Waals surface area (Å²) < 4.78 is 6.28. The highest BCUT2D eigenvalue weighted by molar-refractivity contribution is 4.58. The lowest BCUT2D eigenvalue weighted by atomic mass is 10.0. The molecule has 0 radical (unpaired) electrons. The summed E-state index contributed by atoms with van der Waals surface area (Å²) in [5.74, 6) is 0. The Balaban J connectivity index is 3.27. The molecule has 0 saturated heterocycles. The zero-order valence-electron chi connectivity index (χ0n) is 26.8. The van der Waals surface area contributed by atoms with Crippen LogP contribution in [-0.4, -0.2) is 12.2 Å². The first-order valence-electron chi connectivity index (χ1n) is 17.9. The zero-order chi connectivity index (χ0) is 27.1. The average molecular weight is 523 g/mol. The molecule has 0 fully saturated rings. The summed E-state index contributed by atoms with van der Waals surface area (Å²) in [5.41, 5.74) is 0. The minimum Gasteiger partial charge on any atom is -0.376 e. The molecular weight excluding hydrogens is 448 g/mol. The Morgan fingerprint density at radius 2 is 0.486 bits per heavy atom. The Morgan fingerprint density at radius 1 is 0.297 bits per heavy atom. The van der Waals surface area contributed by atoms with Crippen molar-refractivity contribution in [1.82, 2.24) is 0 Å². The van der Waals surface area contributed by atoms with Gasteiger partial charge >= 0.3 is 0 Å². The Hall–Kier alpha value is -0.0400. The first kappa shape index (κ1) is 37.0. The minimum atomic E-state index is 0.443. The molecule has 37 heavy (non-hydrogen) atoms. The lowest BCUT2D eigenvalue weighted by Crippen LogP contribution is -2.17. The molecule has 0 amide bonds. The van der Waals surface area contributed by atoms with Gasteiger partial charge in [0.1, 0.15) is 0 Å². The van der Waals surface area contributed by atoms with Gasteiger partial charge in [-0.1, -0.05) is 194 Å². The van der Waals surface area contributed by atoms with Crippen molar-refractivity contribution in [3.8, 4) is 0 Å². The predicted octanol–water partition coefficient (Wildman–Crippen LogP) is 13.5. The Kier molecular flexibility index (Phi) is 32.1. The lowest BCUT2D eigenvalue weighted by molar-refractivity contribution is -0.00232. The summed E-state index contributed by atoms with van der Waals surface area (Å²) in [6.07, 6.45) is 43.7. The highest BCUT2D eigenvalue weighted by Gasteiger charge is 2.08. The van der Waals surface area contributed by atoms with Crippen LogP contribution in [0.25, 0.3) is 0 Å². The van der Waals surface area contributed by atoms with Crippen molar-refractivity contribution >= 4 is 0 Å². The van der Waals surface area contributed by atoms with E-state index in [4.69, 9.17) is 4.74 Å². The van der Waals surface area contributed by atoms with Gasteiger partial charge in [-0.3, -0.25) is 0 Å². The molecule has 0 aromatic rings. The van der Waals surface area contributed by atoms with E-state index in [-0.39, 0.29) is 0 Å². The third kappa shape index (κ3) is 32.1. The highest BCUT2D eigenvalue weighted by Crippen LogP contribution is 2.17. The average Bonchev–Trinajstić information content (AvgIpc) is 2.89. The SMILES string of the molecule is CCCCCCCCCCCCCCCCC(C)OC(C)CCCCCCCCCCCCCCCC. The Morgan fingerprint density at radius 3 is 0.703 bits per heavy atom. The van der Waals surface area contributed by atoms with Crippen molar-refractivity contribution in [2.75, 3.05) is 0 Å². The lowest BCUT2D eigenvalue weighted by Gasteiger charge is -2.19. The first-order chi connectivity index (χ1) is 18.2. The highest BCUT2D eigenvalue weighted by atomic mass is 16.5. The monoisotopic (exact) mass is 523 g/mol. The predicted molar refractivity (Wildman–Crippen MR) is 170 cm³/mol. The molecule has 0 bridgehead atoms. The van der Waals surface area contributed by atoms with Gasteiger partial charge in [0, 0.05) is 0 Å². The van der Waals surface area contributed by atoms with Gasteiger partial charge < -0.3 is 4.74 Å². The second-order valence-electron chi connectivity index (χ2n) is 12.5. The van der Waals surface area contributed by atoms with Crippen molar-refractivity contribution in [3.05, 3.63) is 0 Å². The van der Waals surface area contributed by atoms with Crippen molar-refractivity contribution in [1.29, 1.82) is 0 Å². The number of ether oxygens (including phenoxy) is 1. The van der Waals surface area contributed by atoms with Crippen LogP contribution < -0.4 is 0 Å².